The molecule has 0 bridgehead atoms. The van der Waals surface area contributed by atoms with Gasteiger partial charge in [-0.05, 0) is 139 Å². The Morgan fingerprint density at radius 3 is 1.77 bits per heavy atom. The fraction of sp³-hybridized carbons (Fsp3) is 0.154. The molecule has 0 atom stereocenters. The lowest BCUT2D eigenvalue weighted by molar-refractivity contribution is 0.490. The minimum atomic E-state index is -0.0840. The summed E-state index contributed by atoms with van der Waals surface area (Å²) in [5.41, 5.74) is 17.0. The summed E-state index contributed by atoms with van der Waals surface area (Å²) in [4.78, 5) is 2.48. The molecule has 8 aromatic carbocycles. The predicted octanol–water partition coefficient (Wildman–Crippen LogP) is 14.5. The lowest BCUT2D eigenvalue weighted by Gasteiger charge is -2.32. The smallest absolute Gasteiger partial charge is 0.0468 e. The van der Waals surface area contributed by atoms with Crippen molar-refractivity contribution in [3.8, 4) is 33.4 Å². The van der Waals surface area contributed by atoms with Crippen molar-refractivity contribution in [2.24, 2.45) is 0 Å². The van der Waals surface area contributed by atoms with Crippen molar-refractivity contribution >= 4 is 38.6 Å². The molecule has 0 unspecified atom stereocenters. The summed E-state index contributed by atoms with van der Waals surface area (Å²) in [6.07, 6.45) is 2.13. The van der Waals surface area contributed by atoms with E-state index in [0.29, 0.717) is 0 Å². The van der Waals surface area contributed by atoms with Crippen LogP contribution in [0.5, 0.6) is 0 Å². The maximum atomic E-state index is 2.50. The second-order valence-corrected chi connectivity index (χ2v) is 15.6. The van der Waals surface area contributed by atoms with Crippen LogP contribution < -0.4 is 4.90 Å². The predicted molar refractivity (Wildman–Crippen MR) is 226 cm³/mol. The Hall–Kier alpha value is -5.92. The summed E-state index contributed by atoms with van der Waals surface area (Å²) < 4.78 is 0. The Morgan fingerprint density at radius 1 is 0.396 bits per heavy atom. The van der Waals surface area contributed by atoms with Gasteiger partial charge < -0.3 is 4.90 Å². The first-order chi connectivity index (χ1) is 25.9. The molecule has 8 aromatic rings. The molecule has 0 aromatic heterocycles. The number of hydrogen-bond acceptors (Lipinski definition) is 1. The Morgan fingerprint density at radius 2 is 0.981 bits per heavy atom. The van der Waals surface area contributed by atoms with Gasteiger partial charge in [-0.1, -0.05) is 143 Å². The average molecular weight is 682 g/mol. The topological polar surface area (TPSA) is 3.24 Å². The summed E-state index contributed by atoms with van der Waals surface area (Å²) in [6, 6.07) is 61.6. The highest BCUT2D eigenvalue weighted by molar-refractivity contribution is 5.98. The summed E-state index contributed by atoms with van der Waals surface area (Å²) >= 11 is 0. The van der Waals surface area contributed by atoms with Crippen molar-refractivity contribution < 1.29 is 0 Å². The van der Waals surface area contributed by atoms with E-state index in [1.165, 1.54) is 88.6 Å². The maximum Gasteiger partial charge on any atom is 0.0468 e. The highest BCUT2D eigenvalue weighted by Gasteiger charge is 2.41. The van der Waals surface area contributed by atoms with Gasteiger partial charge in [0.15, 0.2) is 0 Å². The summed E-state index contributed by atoms with van der Waals surface area (Å²) in [5, 5.41) is 5.13. The van der Waals surface area contributed by atoms with E-state index in [0.717, 1.165) is 18.5 Å². The molecular formula is C52H43N. The van der Waals surface area contributed by atoms with Gasteiger partial charge in [-0.2, -0.15) is 0 Å². The zero-order chi connectivity index (χ0) is 35.9. The highest BCUT2D eigenvalue weighted by Crippen LogP contribution is 2.55. The maximum absolute atomic E-state index is 2.50. The van der Waals surface area contributed by atoms with Crippen LogP contribution in [-0.4, -0.2) is 0 Å². The Kier molecular flexibility index (Phi) is 7.08. The SMILES string of the molecule is CCC1(CC)c2ccccc2-c2ccc(N(c3ccc(-c4cccc5ccccc45)cc3)c3ccc4c(c3)-c3cc5ccccc5cc3C4(C)C)cc21. The summed E-state index contributed by atoms with van der Waals surface area (Å²) in [6.45, 7) is 9.47. The number of rotatable bonds is 6. The van der Waals surface area contributed by atoms with E-state index in [1.807, 2.05) is 0 Å². The van der Waals surface area contributed by atoms with Crippen LogP contribution in [0.25, 0.3) is 54.9 Å². The lowest BCUT2D eigenvalue weighted by atomic mass is 9.74. The number of hydrogen-bond donors (Lipinski definition) is 0. The zero-order valence-electron chi connectivity index (χ0n) is 30.9. The standard InChI is InChI=1S/C52H43N/c1-5-52(6-2)48-21-12-11-19-43(48)44-28-26-40(33-50(44)52)53(38-24-22-35(23-25-38)42-20-13-17-34-14-9-10-18-41(34)42)39-27-29-47-46(32-39)45-30-36-15-7-8-16-37(36)31-49(45)51(47,3)4/h7-33H,5-6H2,1-4H3. The minimum absolute atomic E-state index is 0.00617. The van der Waals surface area contributed by atoms with Gasteiger partial charge >= 0.3 is 0 Å². The largest absolute Gasteiger partial charge is 0.310 e. The normalized spacial score (nSPS) is 14.5. The van der Waals surface area contributed by atoms with Crippen molar-refractivity contribution in [3.05, 3.63) is 186 Å². The van der Waals surface area contributed by atoms with E-state index in [9.17, 15) is 0 Å². The summed E-state index contributed by atoms with van der Waals surface area (Å²) in [5.74, 6) is 0. The fourth-order valence-corrected chi connectivity index (χ4v) is 9.87. The molecule has 0 saturated carbocycles. The van der Waals surface area contributed by atoms with Crippen LogP contribution in [0.4, 0.5) is 17.1 Å². The van der Waals surface area contributed by atoms with E-state index >= 15 is 0 Å². The van der Waals surface area contributed by atoms with Gasteiger partial charge in [-0.3, -0.25) is 0 Å². The van der Waals surface area contributed by atoms with Crippen LogP contribution in [0.1, 0.15) is 62.8 Å². The Labute approximate surface area is 313 Å². The third-order valence-corrected chi connectivity index (χ3v) is 12.7. The van der Waals surface area contributed by atoms with Crippen LogP contribution in [0, 0.1) is 0 Å². The van der Waals surface area contributed by atoms with Gasteiger partial charge in [-0.15, -0.1) is 0 Å². The molecule has 10 rings (SSSR count). The summed E-state index contributed by atoms with van der Waals surface area (Å²) in [7, 11) is 0. The molecule has 256 valence electrons. The molecule has 2 aliphatic rings. The molecule has 0 aliphatic heterocycles. The van der Waals surface area contributed by atoms with Crippen LogP contribution in [-0.2, 0) is 10.8 Å². The zero-order valence-corrected chi connectivity index (χ0v) is 30.9. The van der Waals surface area contributed by atoms with Crippen LogP contribution in [0.2, 0.25) is 0 Å². The molecule has 2 aliphatic carbocycles. The quantitative estimate of drug-likeness (QED) is 0.169. The average Bonchev–Trinajstić information content (AvgIpc) is 3.61. The molecule has 0 amide bonds. The molecule has 1 nitrogen and oxygen atoms in total. The number of anilines is 3. The van der Waals surface area contributed by atoms with Crippen molar-refractivity contribution in [1.82, 2.24) is 0 Å². The van der Waals surface area contributed by atoms with Crippen LogP contribution in [0.3, 0.4) is 0 Å². The van der Waals surface area contributed by atoms with E-state index in [1.54, 1.807) is 0 Å². The van der Waals surface area contributed by atoms with Gasteiger partial charge in [0, 0.05) is 27.9 Å². The Bertz CT molecular complexity index is 2720. The number of fused-ring (bicyclic) bond motifs is 8. The van der Waals surface area contributed by atoms with E-state index in [2.05, 4.69) is 196 Å². The molecule has 0 N–H and O–H groups in total. The van der Waals surface area contributed by atoms with Crippen molar-refractivity contribution in [3.63, 3.8) is 0 Å². The fourth-order valence-electron chi connectivity index (χ4n) is 9.87. The molecule has 1 heteroatoms. The highest BCUT2D eigenvalue weighted by atomic mass is 15.1. The Balaban J connectivity index is 1.17. The van der Waals surface area contributed by atoms with E-state index in [-0.39, 0.29) is 10.8 Å². The first kappa shape index (κ1) is 31.8. The first-order valence-electron chi connectivity index (χ1n) is 19.2. The molecule has 0 radical (unpaired) electrons. The van der Waals surface area contributed by atoms with Crippen molar-refractivity contribution in [1.29, 1.82) is 0 Å². The van der Waals surface area contributed by atoms with Gasteiger partial charge in [0.2, 0.25) is 0 Å². The third kappa shape index (κ3) is 4.63. The molecule has 0 saturated heterocycles. The van der Waals surface area contributed by atoms with Crippen LogP contribution >= 0.6 is 0 Å². The van der Waals surface area contributed by atoms with E-state index < -0.39 is 0 Å². The molecular weight excluding hydrogens is 639 g/mol. The van der Waals surface area contributed by atoms with Gasteiger partial charge in [0.1, 0.15) is 0 Å². The second kappa shape index (κ2) is 11.8. The van der Waals surface area contributed by atoms with Gasteiger partial charge in [0.05, 0.1) is 0 Å². The monoisotopic (exact) mass is 681 g/mol. The molecule has 0 fully saturated rings. The molecule has 0 heterocycles. The first-order valence-corrected chi connectivity index (χ1v) is 19.2. The molecule has 53 heavy (non-hydrogen) atoms. The van der Waals surface area contributed by atoms with Crippen molar-refractivity contribution in [2.75, 3.05) is 4.90 Å². The minimum Gasteiger partial charge on any atom is -0.310 e. The number of benzene rings is 8. The lowest BCUT2D eigenvalue weighted by Crippen LogP contribution is -2.23. The van der Waals surface area contributed by atoms with Crippen LogP contribution in [0.15, 0.2) is 164 Å². The van der Waals surface area contributed by atoms with Crippen molar-refractivity contribution in [2.45, 2.75) is 51.4 Å². The number of nitrogens with zero attached hydrogens (tertiary/aromatic N) is 1. The van der Waals surface area contributed by atoms with Gasteiger partial charge in [0.25, 0.3) is 0 Å². The van der Waals surface area contributed by atoms with E-state index in [4.69, 9.17) is 0 Å². The second-order valence-electron chi connectivity index (χ2n) is 15.6. The molecule has 0 spiro atoms. The van der Waals surface area contributed by atoms with Gasteiger partial charge in [-0.25, -0.2) is 0 Å². The third-order valence-electron chi connectivity index (χ3n) is 12.7.